The topological polar surface area (TPSA) is 17.1 Å². The Morgan fingerprint density at radius 1 is 0.900 bits per heavy atom. The van der Waals surface area contributed by atoms with Crippen LogP contribution in [0.25, 0.3) is 11.1 Å². The molecule has 0 aromatic heterocycles. The van der Waals surface area contributed by atoms with Crippen molar-refractivity contribution in [2.45, 2.75) is 39.0 Å². The second kappa shape index (κ2) is 5.24. The first-order valence-corrected chi connectivity index (χ1v) is 7.37. The molecule has 2 aromatic rings. The summed E-state index contributed by atoms with van der Waals surface area (Å²) in [4.78, 5) is 11.5. The second-order valence-corrected chi connectivity index (χ2v) is 5.98. The summed E-state index contributed by atoms with van der Waals surface area (Å²) < 4.78 is 0. The van der Waals surface area contributed by atoms with Crippen molar-refractivity contribution < 1.29 is 4.79 Å². The highest BCUT2D eigenvalue weighted by molar-refractivity contribution is 5.83. The lowest BCUT2D eigenvalue weighted by atomic mass is 9.88. The van der Waals surface area contributed by atoms with Crippen molar-refractivity contribution in [2.24, 2.45) is 0 Å². The molecule has 1 heteroatoms. The fourth-order valence-corrected chi connectivity index (χ4v) is 2.86. The van der Waals surface area contributed by atoms with Gasteiger partial charge >= 0.3 is 0 Å². The van der Waals surface area contributed by atoms with Gasteiger partial charge < -0.3 is 0 Å². The van der Waals surface area contributed by atoms with Crippen molar-refractivity contribution in [3.8, 4) is 11.1 Å². The molecule has 1 aliphatic carbocycles. The molecule has 0 atom stereocenters. The average Bonchev–Trinajstić information content (AvgIpc) is 2.47. The SMILES string of the molecule is CC(C)c1cccc(-c2ccc3c(c2)CCC(=O)C3)c1. The normalized spacial score (nSPS) is 14.4. The van der Waals surface area contributed by atoms with E-state index in [0.717, 1.165) is 6.42 Å². The summed E-state index contributed by atoms with van der Waals surface area (Å²) in [6.45, 7) is 4.44. The lowest BCUT2D eigenvalue weighted by Crippen LogP contribution is -2.12. The molecule has 2 aromatic carbocycles. The van der Waals surface area contributed by atoms with Crippen molar-refractivity contribution >= 4 is 5.78 Å². The number of carbonyl (C=O) groups excluding carboxylic acids is 1. The van der Waals surface area contributed by atoms with Gasteiger partial charge in [0.1, 0.15) is 5.78 Å². The number of benzene rings is 2. The third kappa shape index (κ3) is 2.53. The van der Waals surface area contributed by atoms with Gasteiger partial charge in [0.2, 0.25) is 0 Å². The van der Waals surface area contributed by atoms with Crippen LogP contribution >= 0.6 is 0 Å². The number of aryl methyl sites for hydroxylation is 1. The van der Waals surface area contributed by atoms with E-state index in [1.165, 1.54) is 27.8 Å². The van der Waals surface area contributed by atoms with E-state index in [1.54, 1.807) is 0 Å². The van der Waals surface area contributed by atoms with E-state index >= 15 is 0 Å². The van der Waals surface area contributed by atoms with E-state index in [-0.39, 0.29) is 0 Å². The highest BCUT2D eigenvalue weighted by atomic mass is 16.1. The first kappa shape index (κ1) is 13.1. The van der Waals surface area contributed by atoms with Crippen LogP contribution in [-0.2, 0) is 17.6 Å². The molecule has 0 unspecified atom stereocenters. The number of hydrogen-bond acceptors (Lipinski definition) is 1. The maximum absolute atomic E-state index is 11.5. The van der Waals surface area contributed by atoms with Gasteiger partial charge in [-0.1, -0.05) is 56.3 Å². The van der Waals surface area contributed by atoms with Crippen LogP contribution in [0, 0.1) is 0 Å². The summed E-state index contributed by atoms with van der Waals surface area (Å²) in [5.74, 6) is 0.914. The molecular formula is C19H20O. The Balaban J connectivity index is 1.99. The average molecular weight is 264 g/mol. The summed E-state index contributed by atoms with van der Waals surface area (Å²) in [5, 5.41) is 0. The molecule has 0 saturated carbocycles. The molecule has 0 saturated heterocycles. The minimum atomic E-state index is 0.368. The third-order valence-electron chi connectivity index (χ3n) is 4.15. The van der Waals surface area contributed by atoms with Crippen LogP contribution in [0.1, 0.15) is 42.9 Å². The standard InChI is InChI=1S/C19H20O/c1-13(2)14-4-3-5-15(10-14)16-6-7-18-12-19(20)9-8-17(18)11-16/h3-7,10-11,13H,8-9,12H2,1-2H3. The minimum absolute atomic E-state index is 0.368. The Kier molecular flexibility index (Phi) is 3.43. The molecule has 0 radical (unpaired) electrons. The quantitative estimate of drug-likeness (QED) is 0.778. The van der Waals surface area contributed by atoms with Gasteiger partial charge in [-0.05, 0) is 40.2 Å². The van der Waals surface area contributed by atoms with Gasteiger partial charge in [0.15, 0.2) is 0 Å². The Morgan fingerprint density at radius 2 is 1.70 bits per heavy atom. The molecular weight excluding hydrogens is 244 g/mol. The van der Waals surface area contributed by atoms with E-state index in [0.29, 0.717) is 24.5 Å². The van der Waals surface area contributed by atoms with E-state index in [4.69, 9.17) is 0 Å². The lowest BCUT2D eigenvalue weighted by Gasteiger charge is -2.16. The lowest BCUT2D eigenvalue weighted by molar-refractivity contribution is -0.118. The van der Waals surface area contributed by atoms with Crippen LogP contribution in [0.5, 0.6) is 0 Å². The monoisotopic (exact) mass is 264 g/mol. The molecule has 20 heavy (non-hydrogen) atoms. The third-order valence-corrected chi connectivity index (χ3v) is 4.15. The number of ketones is 1. The molecule has 3 rings (SSSR count). The summed E-state index contributed by atoms with van der Waals surface area (Å²) in [6.07, 6.45) is 2.20. The van der Waals surface area contributed by atoms with E-state index in [2.05, 4.69) is 56.3 Å². The second-order valence-electron chi connectivity index (χ2n) is 5.98. The summed E-state index contributed by atoms with van der Waals surface area (Å²) in [7, 11) is 0. The predicted molar refractivity (Wildman–Crippen MR) is 83.0 cm³/mol. The molecule has 1 nitrogen and oxygen atoms in total. The maximum atomic E-state index is 11.5. The molecule has 0 fully saturated rings. The summed E-state index contributed by atoms with van der Waals surface area (Å²) in [5.41, 5.74) is 6.47. The van der Waals surface area contributed by atoms with Crippen molar-refractivity contribution in [3.63, 3.8) is 0 Å². The number of rotatable bonds is 2. The van der Waals surface area contributed by atoms with Crippen LogP contribution in [0.2, 0.25) is 0 Å². The molecule has 0 bridgehead atoms. The largest absolute Gasteiger partial charge is 0.299 e. The Labute approximate surface area is 120 Å². The molecule has 0 aliphatic heterocycles. The molecule has 1 aliphatic rings. The predicted octanol–water partition coefficient (Wildman–Crippen LogP) is 4.53. The highest BCUT2D eigenvalue weighted by Gasteiger charge is 2.16. The van der Waals surface area contributed by atoms with Gasteiger partial charge in [0, 0.05) is 12.8 Å². The van der Waals surface area contributed by atoms with Crippen molar-refractivity contribution in [2.75, 3.05) is 0 Å². The van der Waals surface area contributed by atoms with Crippen LogP contribution in [-0.4, -0.2) is 5.78 Å². The first-order valence-electron chi connectivity index (χ1n) is 7.37. The Hall–Kier alpha value is -1.89. The molecule has 0 amide bonds. The highest BCUT2D eigenvalue weighted by Crippen LogP contribution is 2.28. The number of Topliss-reactive ketones (excluding diaryl/α,β-unsaturated/α-hetero) is 1. The zero-order valence-electron chi connectivity index (χ0n) is 12.1. The number of hydrogen-bond donors (Lipinski definition) is 0. The maximum Gasteiger partial charge on any atom is 0.137 e. The van der Waals surface area contributed by atoms with Crippen molar-refractivity contribution in [1.29, 1.82) is 0 Å². The van der Waals surface area contributed by atoms with Gasteiger partial charge in [-0.15, -0.1) is 0 Å². The zero-order valence-corrected chi connectivity index (χ0v) is 12.1. The van der Waals surface area contributed by atoms with Crippen LogP contribution < -0.4 is 0 Å². The molecule has 0 spiro atoms. The van der Waals surface area contributed by atoms with Crippen LogP contribution in [0.15, 0.2) is 42.5 Å². The summed E-state index contributed by atoms with van der Waals surface area (Å²) in [6, 6.07) is 15.3. The summed E-state index contributed by atoms with van der Waals surface area (Å²) >= 11 is 0. The Morgan fingerprint density at radius 3 is 2.50 bits per heavy atom. The van der Waals surface area contributed by atoms with Crippen molar-refractivity contribution in [1.82, 2.24) is 0 Å². The minimum Gasteiger partial charge on any atom is -0.299 e. The van der Waals surface area contributed by atoms with Gasteiger partial charge in [0.25, 0.3) is 0 Å². The van der Waals surface area contributed by atoms with E-state index < -0.39 is 0 Å². The van der Waals surface area contributed by atoms with Crippen LogP contribution in [0.3, 0.4) is 0 Å². The molecule has 0 N–H and O–H groups in total. The first-order chi connectivity index (χ1) is 9.63. The van der Waals surface area contributed by atoms with Crippen LogP contribution in [0.4, 0.5) is 0 Å². The Bertz CT molecular complexity index is 653. The van der Waals surface area contributed by atoms with Gasteiger partial charge in [0.05, 0.1) is 0 Å². The number of carbonyl (C=O) groups is 1. The fourth-order valence-electron chi connectivity index (χ4n) is 2.86. The smallest absolute Gasteiger partial charge is 0.137 e. The van der Waals surface area contributed by atoms with Gasteiger partial charge in [-0.25, -0.2) is 0 Å². The molecule has 0 heterocycles. The number of fused-ring (bicyclic) bond motifs is 1. The molecule has 102 valence electrons. The zero-order chi connectivity index (χ0) is 14.1. The fraction of sp³-hybridized carbons (Fsp3) is 0.316. The van der Waals surface area contributed by atoms with Gasteiger partial charge in [-0.2, -0.15) is 0 Å². The van der Waals surface area contributed by atoms with E-state index in [9.17, 15) is 4.79 Å². The van der Waals surface area contributed by atoms with E-state index in [1.807, 2.05) is 0 Å². The van der Waals surface area contributed by atoms with Gasteiger partial charge in [-0.3, -0.25) is 4.79 Å². The van der Waals surface area contributed by atoms with Crippen molar-refractivity contribution in [3.05, 3.63) is 59.2 Å².